The van der Waals surface area contributed by atoms with Crippen LogP contribution in [0.3, 0.4) is 0 Å². The Morgan fingerprint density at radius 3 is 2.40 bits per heavy atom. The first-order valence-corrected chi connectivity index (χ1v) is 6.69. The van der Waals surface area contributed by atoms with Gasteiger partial charge in [0.1, 0.15) is 11.6 Å². The minimum atomic E-state index is -0.574. The third-order valence-electron chi connectivity index (χ3n) is 2.89. The van der Waals surface area contributed by atoms with Crippen molar-refractivity contribution >= 4 is 46.5 Å². The lowest BCUT2D eigenvalue weighted by Gasteiger charge is -2.06. The lowest BCUT2D eigenvalue weighted by molar-refractivity contribution is 0.627. The van der Waals surface area contributed by atoms with E-state index < -0.39 is 11.6 Å². The van der Waals surface area contributed by atoms with Crippen molar-refractivity contribution in [3.8, 4) is 5.69 Å². The van der Waals surface area contributed by atoms with E-state index >= 15 is 0 Å². The molecule has 7 heteroatoms. The van der Waals surface area contributed by atoms with Crippen LogP contribution >= 0.6 is 35.4 Å². The number of hydrogen-bond donors (Lipinski definition) is 1. The first-order valence-electron chi connectivity index (χ1n) is 5.52. The molecule has 0 saturated heterocycles. The van der Waals surface area contributed by atoms with Gasteiger partial charge in [-0.2, -0.15) is 0 Å². The maximum absolute atomic E-state index is 13.6. The van der Waals surface area contributed by atoms with Crippen molar-refractivity contribution in [2.45, 2.75) is 0 Å². The highest BCUT2D eigenvalue weighted by Crippen LogP contribution is 2.26. The number of hydrogen-bond acceptors (Lipinski definition) is 1. The zero-order valence-electron chi connectivity index (χ0n) is 9.75. The molecule has 0 unspecified atom stereocenters. The van der Waals surface area contributed by atoms with E-state index in [0.29, 0.717) is 21.5 Å². The van der Waals surface area contributed by atoms with Gasteiger partial charge in [-0.05, 0) is 36.5 Å². The molecule has 0 amide bonds. The molecule has 0 aliphatic carbocycles. The molecule has 0 saturated carbocycles. The Morgan fingerprint density at radius 1 is 1.00 bits per heavy atom. The molecule has 0 aliphatic heterocycles. The molecule has 0 radical (unpaired) electrons. The van der Waals surface area contributed by atoms with Crippen molar-refractivity contribution in [3.05, 3.63) is 56.8 Å². The number of aromatic amines is 1. The molecular formula is C13H6Cl2F2N2S. The normalized spacial score (nSPS) is 11.2. The fourth-order valence-electron chi connectivity index (χ4n) is 1.98. The predicted molar refractivity (Wildman–Crippen MR) is 78.4 cm³/mol. The van der Waals surface area contributed by atoms with Gasteiger partial charge in [0.15, 0.2) is 4.77 Å². The molecule has 1 N–H and O–H groups in total. The van der Waals surface area contributed by atoms with Gasteiger partial charge in [-0.1, -0.05) is 23.2 Å². The SMILES string of the molecule is Fc1cc(-n2c(=S)[nH]c3cc(Cl)c(F)cc32)ccc1Cl. The Balaban J connectivity index is 2.35. The molecule has 2 aromatic carbocycles. The topological polar surface area (TPSA) is 20.7 Å². The molecule has 3 aromatic rings. The average Bonchev–Trinajstić information content (AvgIpc) is 2.69. The van der Waals surface area contributed by atoms with Gasteiger partial charge in [-0.3, -0.25) is 4.57 Å². The summed E-state index contributed by atoms with van der Waals surface area (Å²) in [5, 5.41) is -0.00230. The molecule has 2 nitrogen and oxygen atoms in total. The molecule has 0 fully saturated rings. The molecule has 3 rings (SSSR count). The van der Waals surface area contributed by atoms with Crippen molar-refractivity contribution < 1.29 is 8.78 Å². The van der Waals surface area contributed by atoms with Gasteiger partial charge in [0, 0.05) is 6.07 Å². The molecule has 0 atom stereocenters. The number of nitrogens with zero attached hydrogens (tertiary/aromatic N) is 1. The number of imidazole rings is 1. The van der Waals surface area contributed by atoms with Crippen molar-refractivity contribution in [3.63, 3.8) is 0 Å². The van der Waals surface area contributed by atoms with Crippen LogP contribution < -0.4 is 0 Å². The zero-order valence-corrected chi connectivity index (χ0v) is 12.1. The Labute approximate surface area is 127 Å². The predicted octanol–water partition coefficient (Wildman–Crippen LogP) is 5.27. The van der Waals surface area contributed by atoms with Crippen molar-refractivity contribution in [2.75, 3.05) is 0 Å². The average molecular weight is 331 g/mol. The highest BCUT2D eigenvalue weighted by atomic mass is 35.5. The second-order valence-electron chi connectivity index (χ2n) is 4.15. The number of benzene rings is 2. The molecule has 0 spiro atoms. The minimum Gasteiger partial charge on any atom is -0.330 e. The second-order valence-corrected chi connectivity index (χ2v) is 5.35. The third-order valence-corrected chi connectivity index (χ3v) is 3.77. The lowest BCUT2D eigenvalue weighted by Crippen LogP contribution is -1.95. The smallest absolute Gasteiger partial charge is 0.182 e. The van der Waals surface area contributed by atoms with E-state index in [1.807, 2.05) is 0 Å². The Hall–Kier alpha value is -1.43. The Morgan fingerprint density at radius 2 is 1.70 bits per heavy atom. The van der Waals surface area contributed by atoms with Crippen LogP contribution in [0.2, 0.25) is 10.0 Å². The van der Waals surface area contributed by atoms with Gasteiger partial charge in [0.25, 0.3) is 0 Å². The van der Waals surface area contributed by atoms with Gasteiger partial charge in [0.2, 0.25) is 0 Å². The van der Waals surface area contributed by atoms with E-state index in [2.05, 4.69) is 4.98 Å². The van der Waals surface area contributed by atoms with E-state index in [1.54, 1.807) is 6.07 Å². The van der Waals surface area contributed by atoms with Crippen LogP contribution in [0.25, 0.3) is 16.7 Å². The van der Waals surface area contributed by atoms with Crippen LogP contribution in [0, 0.1) is 16.4 Å². The van der Waals surface area contributed by atoms with Crippen LogP contribution in [0.5, 0.6) is 0 Å². The Bertz CT molecular complexity index is 886. The summed E-state index contributed by atoms with van der Waals surface area (Å²) in [5.74, 6) is -1.15. The van der Waals surface area contributed by atoms with Crippen LogP contribution in [0.1, 0.15) is 0 Å². The summed E-state index contributed by atoms with van der Waals surface area (Å²) in [7, 11) is 0. The second kappa shape index (κ2) is 4.84. The van der Waals surface area contributed by atoms with Crippen molar-refractivity contribution in [2.24, 2.45) is 0 Å². The maximum Gasteiger partial charge on any atom is 0.182 e. The number of fused-ring (bicyclic) bond motifs is 1. The summed E-state index contributed by atoms with van der Waals surface area (Å²) in [6.45, 7) is 0. The molecule has 0 aliphatic rings. The van der Waals surface area contributed by atoms with Crippen molar-refractivity contribution in [1.29, 1.82) is 0 Å². The van der Waals surface area contributed by atoms with Gasteiger partial charge in [0.05, 0.1) is 26.8 Å². The third kappa shape index (κ3) is 2.12. The van der Waals surface area contributed by atoms with E-state index in [4.69, 9.17) is 35.4 Å². The van der Waals surface area contributed by atoms with Crippen LogP contribution in [-0.4, -0.2) is 9.55 Å². The number of aromatic nitrogens is 2. The van der Waals surface area contributed by atoms with Gasteiger partial charge in [-0.15, -0.1) is 0 Å². The van der Waals surface area contributed by atoms with E-state index in [1.165, 1.54) is 28.8 Å². The number of nitrogens with one attached hydrogen (secondary N) is 1. The molecule has 1 heterocycles. The molecule has 20 heavy (non-hydrogen) atoms. The molecule has 102 valence electrons. The summed E-state index contributed by atoms with van der Waals surface area (Å²) >= 11 is 16.6. The fourth-order valence-corrected chi connectivity index (χ4v) is 2.58. The fraction of sp³-hybridized carbons (Fsp3) is 0. The highest BCUT2D eigenvalue weighted by molar-refractivity contribution is 7.71. The van der Waals surface area contributed by atoms with Gasteiger partial charge < -0.3 is 4.98 Å². The summed E-state index contributed by atoms with van der Waals surface area (Å²) in [5.41, 5.74) is 1.49. The number of halogens is 4. The summed E-state index contributed by atoms with van der Waals surface area (Å²) in [4.78, 5) is 2.90. The number of H-pyrrole nitrogens is 1. The maximum atomic E-state index is 13.6. The summed E-state index contributed by atoms with van der Waals surface area (Å²) < 4.78 is 29.0. The summed E-state index contributed by atoms with van der Waals surface area (Å²) in [6.07, 6.45) is 0. The number of rotatable bonds is 1. The van der Waals surface area contributed by atoms with Gasteiger partial charge >= 0.3 is 0 Å². The quantitative estimate of drug-likeness (QED) is 0.602. The van der Waals surface area contributed by atoms with Crippen LogP contribution in [-0.2, 0) is 0 Å². The zero-order chi connectivity index (χ0) is 14.4. The largest absolute Gasteiger partial charge is 0.330 e. The molecule has 0 bridgehead atoms. The van der Waals surface area contributed by atoms with E-state index in [-0.39, 0.29) is 10.0 Å². The first kappa shape index (κ1) is 13.5. The lowest BCUT2D eigenvalue weighted by atomic mass is 10.2. The van der Waals surface area contributed by atoms with Gasteiger partial charge in [-0.25, -0.2) is 8.78 Å². The molecule has 1 aromatic heterocycles. The Kier molecular flexibility index (Phi) is 3.28. The van der Waals surface area contributed by atoms with Crippen molar-refractivity contribution in [1.82, 2.24) is 9.55 Å². The van der Waals surface area contributed by atoms with Crippen LogP contribution in [0.4, 0.5) is 8.78 Å². The monoisotopic (exact) mass is 330 g/mol. The van der Waals surface area contributed by atoms with E-state index in [9.17, 15) is 8.78 Å². The van der Waals surface area contributed by atoms with E-state index in [0.717, 1.165) is 0 Å². The highest BCUT2D eigenvalue weighted by Gasteiger charge is 2.11. The molecular weight excluding hydrogens is 325 g/mol. The minimum absolute atomic E-state index is 0.00864. The summed E-state index contributed by atoms with van der Waals surface area (Å²) in [6, 6.07) is 6.93. The first-order chi connectivity index (χ1) is 9.47. The standard InChI is InChI=1S/C13H6Cl2F2N2S/c14-7-2-1-6(3-9(7)16)19-12-5-10(17)8(15)4-11(12)18-13(19)20/h1-5H,(H,18,20). The van der Waals surface area contributed by atoms with Crippen LogP contribution in [0.15, 0.2) is 30.3 Å².